The van der Waals surface area contributed by atoms with Crippen molar-refractivity contribution in [3.8, 4) is 0 Å². The Morgan fingerprint density at radius 1 is 0.548 bits per heavy atom. The quantitative estimate of drug-likeness (QED) is 0.233. The molecule has 0 heterocycles. The first-order chi connectivity index (χ1) is 15.4. The van der Waals surface area contributed by atoms with Crippen molar-refractivity contribution in [2.75, 3.05) is 19.6 Å². The predicted molar refractivity (Wildman–Crippen MR) is 139 cm³/mol. The Morgan fingerprint density at radius 3 is 1.42 bits per heavy atom. The molecule has 0 aliphatic heterocycles. The number of hydrogen-bond acceptors (Lipinski definition) is 1. The van der Waals surface area contributed by atoms with Crippen molar-refractivity contribution in [2.24, 2.45) is 0 Å². The van der Waals surface area contributed by atoms with E-state index in [2.05, 4.69) is 96.8 Å². The van der Waals surface area contributed by atoms with Crippen LogP contribution in [0.3, 0.4) is 0 Å². The van der Waals surface area contributed by atoms with E-state index >= 15 is 0 Å². The minimum absolute atomic E-state index is 1.01. The monoisotopic (exact) mass is 417 g/mol. The summed E-state index contributed by atoms with van der Waals surface area (Å²) >= 11 is 0. The molecule has 0 unspecified atom stereocenters. The molecule has 0 spiro atoms. The van der Waals surface area contributed by atoms with E-state index in [0.29, 0.717) is 0 Å². The van der Waals surface area contributed by atoms with Crippen LogP contribution in [0.4, 0.5) is 0 Å². The Kier molecular flexibility index (Phi) is 14.2. The lowest BCUT2D eigenvalue weighted by Gasteiger charge is -2.19. The zero-order valence-corrected chi connectivity index (χ0v) is 19.7. The van der Waals surface area contributed by atoms with E-state index in [-0.39, 0.29) is 0 Å². The molecular formula is C30H43N. The van der Waals surface area contributed by atoms with Gasteiger partial charge in [-0.2, -0.15) is 0 Å². The smallest absolute Gasteiger partial charge is 0.0169 e. The van der Waals surface area contributed by atoms with Gasteiger partial charge in [0.2, 0.25) is 0 Å². The van der Waals surface area contributed by atoms with E-state index < -0.39 is 0 Å². The third-order valence-corrected chi connectivity index (χ3v) is 5.77. The van der Waals surface area contributed by atoms with E-state index in [1.165, 1.54) is 81.9 Å². The van der Waals surface area contributed by atoms with Gasteiger partial charge in [0.25, 0.3) is 0 Å². The van der Waals surface area contributed by atoms with Crippen LogP contribution >= 0.6 is 0 Å². The van der Waals surface area contributed by atoms with Gasteiger partial charge in [-0.1, -0.05) is 150 Å². The first-order valence-corrected chi connectivity index (χ1v) is 12.5. The van der Waals surface area contributed by atoms with Crippen LogP contribution in [0, 0.1) is 0 Å². The normalized spacial score (nSPS) is 11.8. The number of hydrogen-bond donors (Lipinski definition) is 0. The Labute approximate surface area is 191 Å². The molecule has 0 bridgehead atoms. The van der Waals surface area contributed by atoms with Crippen molar-refractivity contribution in [3.05, 3.63) is 83.9 Å². The van der Waals surface area contributed by atoms with Crippen molar-refractivity contribution in [1.82, 2.24) is 4.90 Å². The van der Waals surface area contributed by atoms with E-state index in [9.17, 15) is 0 Å². The molecular weight excluding hydrogens is 374 g/mol. The number of benzene rings is 2. The number of rotatable bonds is 17. The van der Waals surface area contributed by atoms with Crippen LogP contribution in [0.15, 0.2) is 72.8 Å². The highest BCUT2D eigenvalue weighted by atomic mass is 15.1. The topological polar surface area (TPSA) is 3.24 Å². The van der Waals surface area contributed by atoms with Crippen molar-refractivity contribution in [2.45, 2.75) is 71.1 Å². The Bertz CT molecular complexity index is 650. The van der Waals surface area contributed by atoms with Gasteiger partial charge in [0.15, 0.2) is 0 Å². The molecule has 31 heavy (non-hydrogen) atoms. The summed E-state index contributed by atoms with van der Waals surface area (Å²) in [5, 5.41) is 0. The summed E-state index contributed by atoms with van der Waals surface area (Å²) in [6.45, 7) is 5.48. The molecule has 0 atom stereocenters. The number of nitrogens with zero attached hydrogens (tertiary/aromatic N) is 1. The standard InChI is InChI=1S/C30H43N/c1-2-3-4-5-6-7-8-9-10-17-26-31(27-18-24-29-20-13-11-14-21-29)28-19-25-30-22-15-12-16-23-30/h11-16,18-25H,2-10,17,26-28H2,1H3/b24-18+,25-19+. The van der Waals surface area contributed by atoms with Gasteiger partial charge in [0.05, 0.1) is 0 Å². The Hall–Kier alpha value is -2.12. The largest absolute Gasteiger partial charge is 0.296 e. The lowest BCUT2D eigenvalue weighted by molar-refractivity contribution is 0.324. The second-order valence-corrected chi connectivity index (χ2v) is 8.57. The lowest BCUT2D eigenvalue weighted by atomic mass is 10.1. The van der Waals surface area contributed by atoms with E-state index in [1.807, 2.05) is 0 Å². The molecule has 0 radical (unpaired) electrons. The van der Waals surface area contributed by atoms with Crippen LogP contribution in [0.5, 0.6) is 0 Å². The molecule has 0 aromatic heterocycles. The zero-order valence-electron chi connectivity index (χ0n) is 19.7. The van der Waals surface area contributed by atoms with Crippen LogP contribution in [-0.2, 0) is 0 Å². The maximum Gasteiger partial charge on any atom is 0.0169 e. The first kappa shape index (κ1) is 25.1. The molecule has 0 saturated heterocycles. The van der Waals surface area contributed by atoms with E-state index in [4.69, 9.17) is 0 Å². The highest BCUT2D eigenvalue weighted by Crippen LogP contribution is 2.11. The molecule has 1 nitrogen and oxygen atoms in total. The van der Waals surface area contributed by atoms with Gasteiger partial charge < -0.3 is 0 Å². The van der Waals surface area contributed by atoms with Crippen molar-refractivity contribution in [1.29, 1.82) is 0 Å². The van der Waals surface area contributed by atoms with E-state index in [0.717, 1.165) is 13.1 Å². The average Bonchev–Trinajstić information content (AvgIpc) is 2.81. The summed E-state index contributed by atoms with van der Waals surface area (Å²) in [7, 11) is 0. The van der Waals surface area contributed by atoms with Gasteiger partial charge in [-0.3, -0.25) is 4.90 Å². The van der Waals surface area contributed by atoms with Crippen LogP contribution < -0.4 is 0 Å². The summed E-state index contributed by atoms with van der Waals surface area (Å²) in [4.78, 5) is 2.56. The Morgan fingerprint density at radius 2 is 0.968 bits per heavy atom. The van der Waals surface area contributed by atoms with Crippen molar-refractivity contribution >= 4 is 12.2 Å². The third kappa shape index (κ3) is 13.0. The maximum absolute atomic E-state index is 2.56. The van der Waals surface area contributed by atoms with Crippen LogP contribution in [0.1, 0.15) is 82.3 Å². The predicted octanol–water partition coefficient (Wildman–Crippen LogP) is 8.64. The fourth-order valence-electron chi connectivity index (χ4n) is 3.88. The fourth-order valence-corrected chi connectivity index (χ4v) is 3.88. The molecule has 168 valence electrons. The molecule has 0 aliphatic carbocycles. The zero-order chi connectivity index (χ0) is 21.8. The second-order valence-electron chi connectivity index (χ2n) is 8.57. The van der Waals surface area contributed by atoms with Crippen LogP contribution in [0.25, 0.3) is 12.2 Å². The lowest BCUT2D eigenvalue weighted by Crippen LogP contribution is -2.25. The summed E-state index contributed by atoms with van der Waals surface area (Å²) in [6, 6.07) is 21.2. The summed E-state index contributed by atoms with van der Waals surface area (Å²) in [5.74, 6) is 0. The van der Waals surface area contributed by atoms with Crippen molar-refractivity contribution < 1.29 is 0 Å². The minimum atomic E-state index is 1.01. The average molecular weight is 418 g/mol. The highest BCUT2D eigenvalue weighted by molar-refractivity contribution is 5.49. The molecule has 1 heteroatoms. The minimum Gasteiger partial charge on any atom is -0.296 e. The first-order valence-electron chi connectivity index (χ1n) is 12.5. The summed E-state index contributed by atoms with van der Waals surface area (Å²) < 4.78 is 0. The van der Waals surface area contributed by atoms with Crippen LogP contribution in [-0.4, -0.2) is 24.5 Å². The van der Waals surface area contributed by atoms with Gasteiger partial charge in [0.1, 0.15) is 0 Å². The second kappa shape index (κ2) is 17.5. The van der Waals surface area contributed by atoms with Crippen molar-refractivity contribution in [3.63, 3.8) is 0 Å². The molecule has 2 rings (SSSR count). The maximum atomic E-state index is 2.56. The summed E-state index contributed by atoms with van der Waals surface area (Å²) in [5.41, 5.74) is 2.56. The molecule has 0 saturated carbocycles. The Balaban J connectivity index is 1.69. The van der Waals surface area contributed by atoms with Gasteiger partial charge in [0, 0.05) is 13.1 Å². The van der Waals surface area contributed by atoms with Gasteiger partial charge >= 0.3 is 0 Å². The SMILES string of the molecule is CCCCCCCCCCCCN(C/C=C/c1ccccc1)C/C=C/c1ccccc1. The highest BCUT2D eigenvalue weighted by Gasteiger charge is 2.01. The van der Waals surface area contributed by atoms with Gasteiger partial charge in [-0.05, 0) is 24.1 Å². The molecule has 0 amide bonds. The van der Waals surface area contributed by atoms with Gasteiger partial charge in [-0.15, -0.1) is 0 Å². The van der Waals surface area contributed by atoms with Crippen LogP contribution in [0.2, 0.25) is 0 Å². The van der Waals surface area contributed by atoms with Gasteiger partial charge in [-0.25, -0.2) is 0 Å². The molecule has 2 aromatic rings. The molecule has 0 N–H and O–H groups in total. The molecule has 0 fully saturated rings. The summed E-state index contributed by atoms with van der Waals surface area (Å²) in [6.07, 6.45) is 23.0. The van der Waals surface area contributed by atoms with E-state index in [1.54, 1.807) is 0 Å². The molecule has 2 aromatic carbocycles. The number of unbranched alkanes of at least 4 members (excludes halogenated alkanes) is 9. The third-order valence-electron chi connectivity index (χ3n) is 5.77. The fraction of sp³-hybridized carbons (Fsp3) is 0.467. The molecule has 0 aliphatic rings.